The number of hydrogen-bond acceptors (Lipinski definition) is 3. The highest BCUT2D eigenvalue weighted by molar-refractivity contribution is 7.89. The normalized spacial score (nSPS) is 12.9. The molecule has 0 spiro atoms. The Morgan fingerprint density at radius 1 is 1.44 bits per heavy atom. The second-order valence-corrected chi connectivity index (χ2v) is 5.48. The summed E-state index contributed by atoms with van der Waals surface area (Å²) in [7, 11) is -3.55. The molecule has 0 fully saturated rings. The van der Waals surface area contributed by atoms with Gasteiger partial charge in [-0.05, 0) is 18.9 Å². The molecule has 0 aliphatic rings. The number of sulfonamides is 1. The summed E-state index contributed by atoms with van der Waals surface area (Å²) in [6, 6.07) is 1.48. The van der Waals surface area contributed by atoms with Gasteiger partial charge in [0.15, 0.2) is 0 Å². The fourth-order valence-electron chi connectivity index (χ4n) is 1.47. The Bertz CT molecular complexity index is 399. The molecular formula is C10H18N2O3S. The maximum absolute atomic E-state index is 11.9. The number of aliphatic hydroxyl groups excluding tert-OH is 1. The molecule has 92 valence electrons. The van der Waals surface area contributed by atoms with Crippen molar-refractivity contribution in [3.63, 3.8) is 0 Å². The summed E-state index contributed by atoms with van der Waals surface area (Å²) in [4.78, 5) is 2.88. The summed E-state index contributed by atoms with van der Waals surface area (Å²) in [5.74, 6) is 0. The quantitative estimate of drug-likeness (QED) is 0.695. The van der Waals surface area contributed by atoms with Crippen molar-refractivity contribution in [1.82, 2.24) is 9.71 Å². The van der Waals surface area contributed by atoms with Gasteiger partial charge in [0.05, 0.1) is 17.0 Å². The van der Waals surface area contributed by atoms with E-state index in [0.717, 1.165) is 0 Å². The third-order valence-electron chi connectivity index (χ3n) is 2.89. The summed E-state index contributed by atoms with van der Waals surface area (Å²) < 4.78 is 26.4. The Balaban J connectivity index is 2.96. The molecular weight excluding hydrogens is 228 g/mol. The van der Waals surface area contributed by atoms with E-state index in [1.807, 2.05) is 13.8 Å². The van der Waals surface area contributed by atoms with Crippen molar-refractivity contribution < 1.29 is 13.5 Å². The van der Waals surface area contributed by atoms with Crippen molar-refractivity contribution >= 4 is 10.0 Å². The molecule has 3 N–H and O–H groups in total. The van der Waals surface area contributed by atoms with Crippen LogP contribution in [0.3, 0.4) is 0 Å². The van der Waals surface area contributed by atoms with E-state index in [2.05, 4.69) is 9.71 Å². The molecule has 0 aliphatic carbocycles. The summed E-state index contributed by atoms with van der Waals surface area (Å²) in [6.07, 6.45) is 4.05. The highest BCUT2D eigenvalue weighted by Crippen LogP contribution is 2.18. The molecule has 0 radical (unpaired) electrons. The second-order valence-electron chi connectivity index (χ2n) is 3.80. The number of H-pyrrole nitrogens is 1. The third kappa shape index (κ3) is 2.63. The Kier molecular flexibility index (Phi) is 4.12. The topological polar surface area (TPSA) is 82.2 Å². The van der Waals surface area contributed by atoms with Crippen LogP contribution in [0.2, 0.25) is 0 Å². The average molecular weight is 246 g/mol. The first-order chi connectivity index (χ1) is 7.49. The van der Waals surface area contributed by atoms with Crippen molar-refractivity contribution in [3.8, 4) is 0 Å². The van der Waals surface area contributed by atoms with Gasteiger partial charge in [0.1, 0.15) is 0 Å². The van der Waals surface area contributed by atoms with Gasteiger partial charge in [0, 0.05) is 12.4 Å². The van der Waals surface area contributed by atoms with Crippen molar-refractivity contribution in [1.29, 1.82) is 0 Å². The van der Waals surface area contributed by atoms with Crippen LogP contribution in [0.25, 0.3) is 0 Å². The van der Waals surface area contributed by atoms with E-state index in [-0.39, 0.29) is 11.5 Å². The van der Waals surface area contributed by atoms with E-state index >= 15 is 0 Å². The molecule has 0 aromatic carbocycles. The minimum atomic E-state index is -3.55. The van der Waals surface area contributed by atoms with Gasteiger partial charge in [-0.25, -0.2) is 13.1 Å². The smallest absolute Gasteiger partial charge is 0.242 e. The number of aromatic amines is 1. The van der Waals surface area contributed by atoms with Gasteiger partial charge in [-0.1, -0.05) is 13.8 Å². The van der Waals surface area contributed by atoms with Crippen molar-refractivity contribution in [3.05, 3.63) is 18.5 Å². The molecule has 16 heavy (non-hydrogen) atoms. The van der Waals surface area contributed by atoms with Gasteiger partial charge in [-0.15, -0.1) is 0 Å². The Hall–Kier alpha value is -0.850. The number of hydrogen-bond donors (Lipinski definition) is 3. The van der Waals surface area contributed by atoms with Crippen LogP contribution in [-0.2, 0) is 10.0 Å². The molecule has 0 bridgehead atoms. The van der Waals surface area contributed by atoms with Crippen molar-refractivity contribution in [2.75, 3.05) is 6.61 Å². The molecule has 1 aromatic rings. The fraction of sp³-hybridized carbons (Fsp3) is 0.600. The van der Waals surface area contributed by atoms with Crippen molar-refractivity contribution in [2.24, 2.45) is 0 Å². The molecule has 1 heterocycles. The lowest BCUT2D eigenvalue weighted by molar-refractivity contribution is 0.172. The summed E-state index contributed by atoms with van der Waals surface area (Å²) in [6.45, 7) is 3.49. The first-order valence-corrected chi connectivity index (χ1v) is 6.75. The maximum atomic E-state index is 11.9. The monoisotopic (exact) mass is 246 g/mol. The average Bonchev–Trinajstić information content (AvgIpc) is 2.80. The van der Waals surface area contributed by atoms with Gasteiger partial charge in [-0.3, -0.25) is 0 Å². The van der Waals surface area contributed by atoms with Crippen LogP contribution in [0.5, 0.6) is 0 Å². The van der Waals surface area contributed by atoms with E-state index in [1.165, 1.54) is 12.3 Å². The SMILES string of the molecule is CCC(CC)(CO)NS(=O)(=O)c1cc[nH]c1. The number of aromatic nitrogens is 1. The van der Waals surface area contributed by atoms with Crippen LogP contribution in [0.4, 0.5) is 0 Å². The Labute approximate surface area is 95.9 Å². The minimum absolute atomic E-state index is 0.187. The highest BCUT2D eigenvalue weighted by atomic mass is 32.2. The molecule has 0 atom stereocenters. The lowest BCUT2D eigenvalue weighted by atomic mass is 9.96. The van der Waals surface area contributed by atoms with Crippen LogP contribution < -0.4 is 4.72 Å². The zero-order chi connectivity index (χ0) is 12.2. The summed E-state index contributed by atoms with van der Waals surface area (Å²) in [5, 5.41) is 9.30. The van der Waals surface area contributed by atoms with Crippen LogP contribution in [0, 0.1) is 0 Å². The van der Waals surface area contributed by atoms with Gasteiger partial charge >= 0.3 is 0 Å². The Morgan fingerprint density at radius 3 is 2.44 bits per heavy atom. The Morgan fingerprint density at radius 2 is 2.06 bits per heavy atom. The van der Waals surface area contributed by atoms with Crippen LogP contribution >= 0.6 is 0 Å². The van der Waals surface area contributed by atoms with E-state index in [1.54, 1.807) is 6.20 Å². The highest BCUT2D eigenvalue weighted by Gasteiger charge is 2.31. The van der Waals surface area contributed by atoms with Crippen LogP contribution in [-0.4, -0.2) is 30.7 Å². The maximum Gasteiger partial charge on any atom is 0.242 e. The zero-order valence-corrected chi connectivity index (χ0v) is 10.3. The first-order valence-electron chi connectivity index (χ1n) is 5.27. The van der Waals surface area contributed by atoms with Gasteiger partial charge in [-0.2, -0.15) is 0 Å². The predicted octanol–water partition coefficient (Wildman–Crippen LogP) is 0.844. The molecule has 0 saturated heterocycles. The predicted molar refractivity (Wildman–Crippen MR) is 61.5 cm³/mol. The number of aliphatic hydroxyl groups is 1. The standard InChI is InChI=1S/C10H18N2O3S/c1-3-10(4-2,8-13)12-16(14,15)9-5-6-11-7-9/h5-7,11-13H,3-4,8H2,1-2H3. The van der Waals surface area contributed by atoms with E-state index in [0.29, 0.717) is 12.8 Å². The number of nitrogens with one attached hydrogen (secondary N) is 2. The molecule has 0 unspecified atom stereocenters. The third-order valence-corrected chi connectivity index (χ3v) is 4.46. The van der Waals surface area contributed by atoms with Gasteiger partial charge in [0.2, 0.25) is 10.0 Å². The first kappa shape index (κ1) is 13.2. The van der Waals surface area contributed by atoms with Gasteiger partial charge in [0.25, 0.3) is 0 Å². The largest absolute Gasteiger partial charge is 0.394 e. The molecule has 5 nitrogen and oxygen atoms in total. The van der Waals surface area contributed by atoms with E-state index in [9.17, 15) is 13.5 Å². The molecule has 0 aliphatic heterocycles. The fourth-order valence-corrected chi connectivity index (χ4v) is 2.98. The minimum Gasteiger partial charge on any atom is -0.394 e. The van der Waals surface area contributed by atoms with Gasteiger partial charge < -0.3 is 10.1 Å². The molecule has 0 saturated carbocycles. The molecule has 6 heteroatoms. The summed E-state index contributed by atoms with van der Waals surface area (Å²) in [5.41, 5.74) is -0.768. The molecule has 1 rings (SSSR count). The lowest BCUT2D eigenvalue weighted by Crippen LogP contribution is -2.50. The van der Waals surface area contributed by atoms with E-state index < -0.39 is 15.6 Å². The zero-order valence-electron chi connectivity index (χ0n) is 9.53. The van der Waals surface area contributed by atoms with Crippen LogP contribution in [0.1, 0.15) is 26.7 Å². The van der Waals surface area contributed by atoms with Crippen LogP contribution in [0.15, 0.2) is 23.4 Å². The molecule has 0 amide bonds. The molecule has 1 aromatic heterocycles. The lowest BCUT2D eigenvalue weighted by Gasteiger charge is -2.29. The summed E-state index contributed by atoms with van der Waals surface area (Å²) >= 11 is 0. The van der Waals surface area contributed by atoms with Crippen molar-refractivity contribution in [2.45, 2.75) is 37.1 Å². The van der Waals surface area contributed by atoms with E-state index in [4.69, 9.17) is 0 Å². The second kappa shape index (κ2) is 4.99. The number of rotatable bonds is 6.